The standard InChI is InChI=1S/C22H23NO6/c1-14(21(25)16-8-10-17(27-3)11-9-16)29-20(24)12-13-23-18-6-4-5-7-19(18)28-15(2)22(23)26/h4-11,14-15H,12-13H2,1-3H3. The van der Waals surface area contributed by atoms with Crippen LogP contribution in [0.2, 0.25) is 0 Å². The lowest BCUT2D eigenvalue weighted by molar-refractivity contribution is -0.146. The van der Waals surface area contributed by atoms with Gasteiger partial charge < -0.3 is 19.1 Å². The second-order valence-corrected chi connectivity index (χ2v) is 6.69. The second-order valence-electron chi connectivity index (χ2n) is 6.69. The molecule has 2 atom stereocenters. The molecular formula is C22H23NO6. The number of methoxy groups -OCH3 is 1. The Morgan fingerprint density at radius 1 is 1.14 bits per heavy atom. The number of benzene rings is 2. The average Bonchev–Trinajstić information content (AvgIpc) is 2.73. The van der Waals surface area contributed by atoms with Gasteiger partial charge in [-0.2, -0.15) is 0 Å². The molecule has 0 radical (unpaired) electrons. The Morgan fingerprint density at radius 2 is 1.83 bits per heavy atom. The highest BCUT2D eigenvalue weighted by molar-refractivity contribution is 6.01. The molecule has 2 unspecified atom stereocenters. The maximum absolute atomic E-state index is 12.5. The van der Waals surface area contributed by atoms with Gasteiger partial charge in [0.25, 0.3) is 5.91 Å². The van der Waals surface area contributed by atoms with E-state index in [2.05, 4.69) is 0 Å². The van der Waals surface area contributed by atoms with Crippen LogP contribution < -0.4 is 14.4 Å². The molecule has 2 aromatic carbocycles. The van der Waals surface area contributed by atoms with Crippen molar-refractivity contribution in [2.24, 2.45) is 0 Å². The fourth-order valence-electron chi connectivity index (χ4n) is 3.09. The van der Waals surface area contributed by atoms with E-state index in [0.717, 1.165) is 0 Å². The van der Waals surface area contributed by atoms with E-state index < -0.39 is 18.2 Å². The van der Waals surface area contributed by atoms with Crippen LogP contribution in [0, 0.1) is 0 Å². The average molecular weight is 397 g/mol. The summed E-state index contributed by atoms with van der Waals surface area (Å²) in [6, 6.07) is 13.7. The topological polar surface area (TPSA) is 82.1 Å². The number of Topliss-reactive ketones (excluding diaryl/α,β-unsaturated/α-hetero) is 1. The number of esters is 1. The van der Waals surface area contributed by atoms with Crippen molar-refractivity contribution in [3.8, 4) is 11.5 Å². The number of para-hydroxylation sites is 2. The molecule has 29 heavy (non-hydrogen) atoms. The number of rotatable bonds is 7. The van der Waals surface area contributed by atoms with Gasteiger partial charge in [-0.1, -0.05) is 12.1 Å². The third-order valence-electron chi connectivity index (χ3n) is 4.67. The van der Waals surface area contributed by atoms with E-state index in [9.17, 15) is 14.4 Å². The van der Waals surface area contributed by atoms with Gasteiger partial charge in [0.1, 0.15) is 11.5 Å². The van der Waals surface area contributed by atoms with Gasteiger partial charge in [-0.25, -0.2) is 0 Å². The summed E-state index contributed by atoms with van der Waals surface area (Å²) in [4.78, 5) is 38.7. The lowest BCUT2D eigenvalue weighted by Gasteiger charge is -2.32. The Balaban J connectivity index is 1.59. The predicted molar refractivity (Wildman–Crippen MR) is 106 cm³/mol. The zero-order valence-corrected chi connectivity index (χ0v) is 16.6. The van der Waals surface area contributed by atoms with Crippen LogP contribution in [-0.2, 0) is 14.3 Å². The molecule has 152 valence electrons. The fraction of sp³-hybridized carbons (Fsp3) is 0.318. The number of carbonyl (C=O) groups excluding carboxylic acids is 3. The molecule has 7 heteroatoms. The van der Waals surface area contributed by atoms with E-state index in [1.165, 1.54) is 11.8 Å². The normalized spacial score (nSPS) is 16.4. The van der Waals surface area contributed by atoms with Gasteiger partial charge in [0.2, 0.25) is 5.78 Å². The number of nitrogens with zero attached hydrogens (tertiary/aromatic N) is 1. The number of fused-ring (bicyclic) bond motifs is 1. The largest absolute Gasteiger partial charge is 0.497 e. The highest BCUT2D eigenvalue weighted by atomic mass is 16.5. The zero-order valence-electron chi connectivity index (χ0n) is 16.6. The highest BCUT2D eigenvalue weighted by Crippen LogP contribution is 2.33. The second kappa shape index (κ2) is 8.77. The summed E-state index contributed by atoms with van der Waals surface area (Å²) in [6.07, 6.45) is -1.59. The Hall–Kier alpha value is -3.35. The summed E-state index contributed by atoms with van der Waals surface area (Å²) in [5.74, 6) is 0.150. The van der Waals surface area contributed by atoms with Gasteiger partial charge in [-0.3, -0.25) is 14.4 Å². The Bertz CT molecular complexity index is 908. The van der Waals surface area contributed by atoms with Crippen molar-refractivity contribution in [3.05, 3.63) is 54.1 Å². The van der Waals surface area contributed by atoms with E-state index in [1.807, 2.05) is 6.07 Å². The maximum Gasteiger partial charge on any atom is 0.308 e. The van der Waals surface area contributed by atoms with Crippen molar-refractivity contribution in [3.63, 3.8) is 0 Å². The zero-order chi connectivity index (χ0) is 21.0. The monoisotopic (exact) mass is 397 g/mol. The number of amides is 1. The van der Waals surface area contributed by atoms with Crippen LogP contribution in [0.15, 0.2) is 48.5 Å². The Labute approximate surface area is 169 Å². The minimum Gasteiger partial charge on any atom is -0.497 e. The summed E-state index contributed by atoms with van der Waals surface area (Å²) in [7, 11) is 1.54. The molecule has 1 heterocycles. The third kappa shape index (κ3) is 4.56. The molecule has 0 bridgehead atoms. The minimum absolute atomic E-state index is 0.0347. The van der Waals surface area contributed by atoms with Crippen LogP contribution in [0.5, 0.6) is 11.5 Å². The molecule has 0 aliphatic carbocycles. The molecule has 2 aromatic rings. The van der Waals surface area contributed by atoms with Crippen molar-refractivity contribution < 1.29 is 28.6 Å². The molecule has 0 N–H and O–H groups in total. The summed E-state index contributed by atoms with van der Waals surface area (Å²) < 4.78 is 15.9. The van der Waals surface area contributed by atoms with Crippen molar-refractivity contribution >= 4 is 23.3 Å². The van der Waals surface area contributed by atoms with Crippen molar-refractivity contribution in [2.75, 3.05) is 18.6 Å². The summed E-state index contributed by atoms with van der Waals surface area (Å²) in [5.41, 5.74) is 1.04. The van der Waals surface area contributed by atoms with E-state index in [-0.39, 0.29) is 24.7 Å². The molecule has 1 amide bonds. The van der Waals surface area contributed by atoms with Gasteiger partial charge in [-0.15, -0.1) is 0 Å². The van der Waals surface area contributed by atoms with Crippen molar-refractivity contribution in [1.82, 2.24) is 0 Å². The third-order valence-corrected chi connectivity index (χ3v) is 4.67. The molecule has 0 fully saturated rings. The van der Waals surface area contributed by atoms with Gasteiger partial charge in [0.05, 0.1) is 19.2 Å². The van der Waals surface area contributed by atoms with E-state index in [0.29, 0.717) is 22.7 Å². The smallest absolute Gasteiger partial charge is 0.308 e. The Kier molecular flexibility index (Phi) is 6.16. The molecular weight excluding hydrogens is 374 g/mol. The Morgan fingerprint density at radius 3 is 2.52 bits per heavy atom. The van der Waals surface area contributed by atoms with Gasteiger partial charge in [0.15, 0.2) is 12.2 Å². The predicted octanol–water partition coefficient (Wildman–Crippen LogP) is 3.01. The van der Waals surface area contributed by atoms with Crippen LogP contribution in [0.3, 0.4) is 0 Å². The van der Waals surface area contributed by atoms with Gasteiger partial charge in [-0.05, 0) is 50.2 Å². The lowest BCUT2D eigenvalue weighted by atomic mass is 10.1. The van der Waals surface area contributed by atoms with Crippen LogP contribution in [0.1, 0.15) is 30.6 Å². The summed E-state index contributed by atoms with van der Waals surface area (Å²) >= 11 is 0. The number of ether oxygens (including phenoxy) is 3. The molecule has 1 aliphatic rings. The molecule has 0 saturated heterocycles. The molecule has 0 aromatic heterocycles. The fourth-order valence-corrected chi connectivity index (χ4v) is 3.09. The van der Waals surface area contributed by atoms with Crippen molar-refractivity contribution in [1.29, 1.82) is 0 Å². The van der Waals surface area contributed by atoms with Crippen LogP contribution >= 0.6 is 0 Å². The summed E-state index contributed by atoms with van der Waals surface area (Å²) in [6.45, 7) is 3.34. The first kappa shape index (κ1) is 20.4. The number of carbonyl (C=O) groups is 3. The van der Waals surface area contributed by atoms with Gasteiger partial charge >= 0.3 is 5.97 Å². The van der Waals surface area contributed by atoms with E-state index in [1.54, 1.807) is 56.5 Å². The molecule has 0 saturated carbocycles. The summed E-state index contributed by atoms with van der Waals surface area (Å²) in [5, 5.41) is 0. The number of hydrogen-bond donors (Lipinski definition) is 0. The number of anilines is 1. The molecule has 0 spiro atoms. The molecule has 7 nitrogen and oxygen atoms in total. The molecule has 3 rings (SSSR count). The van der Waals surface area contributed by atoms with Gasteiger partial charge in [0, 0.05) is 12.1 Å². The first-order chi connectivity index (χ1) is 13.9. The number of hydrogen-bond acceptors (Lipinski definition) is 6. The first-order valence-corrected chi connectivity index (χ1v) is 9.35. The van der Waals surface area contributed by atoms with E-state index in [4.69, 9.17) is 14.2 Å². The lowest BCUT2D eigenvalue weighted by Crippen LogP contribution is -2.45. The van der Waals surface area contributed by atoms with Crippen molar-refractivity contribution in [2.45, 2.75) is 32.5 Å². The number of ketones is 1. The van der Waals surface area contributed by atoms with Crippen LogP contribution in [0.4, 0.5) is 5.69 Å². The van der Waals surface area contributed by atoms with Crippen LogP contribution in [-0.4, -0.2) is 43.5 Å². The van der Waals surface area contributed by atoms with E-state index >= 15 is 0 Å². The quantitative estimate of drug-likeness (QED) is 0.528. The first-order valence-electron chi connectivity index (χ1n) is 9.35. The highest BCUT2D eigenvalue weighted by Gasteiger charge is 2.31. The SMILES string of the molecule is COc1ccc(C(=O)C(C)OC(=O)CCN2C(=O)C(C)Oc3ccccc32)cc1. The maximum atomic E-state index is 12.5. The molecule has 1 aliphatic heterocycles. The minimum atomic E-state index is -0.928. The van der Waals surface area contributed by atoms with Crippen LogP contribution in [0.25, 0.3) is 0 Å².